The van der Waals surface area contributed by atoms with Gasteiger partial charge in [-0.2, -0.15) is 0 Å². The second kappa shape index (κ2) is 8.75. The standard InChI is InChI=1S/C23H37N3O6/c1-9-14-11-23(14,19(29)30)25-17(27)15-10-13(2)12-26(15)18(28)16(21(3,4)5)24-20(31)32-22(6,7)8/h9,13-16H,1,10-12H2,2-8H3,(H,24,31)(H,25,27)(H,29,30)/t13-,14?,15+,16-,23-/m1/s1. The van der Waals surface area contributed by atoms with Gasteiger partial charge in [0.1, 0.15) is 23.2 Å². The predicted octanol–water partition coefficient (Wildman–Crippen LogP) is 2.31. The smallest absolute Gasteiger partial charge is 0.408 e. The average molecular weight is 452 g/mol. The van der Waals surface area contributed by atoms with Crippen molar-refractivity contribution in [2.45, 2.75) is 84.5 Å². The number of amides is 3. The van der Waals surface area contributed by atoms with E-state index in [1.807, 2.05) is 27.7 Å². The van der Waals surface area contributed by atoms with Crippen LogP contribution in [-0.4, -0.2) is 63.7 Å². The van der Waals surface area contributed by atoms with Crippen molar-refractivity contribution >= 4 is 23.9 Å². The lowest BCUT2D eigenvalue weighted by Crippen LogP contribution is -2.59. The molecule has 0 aromatic rings. The third-order valence-corrected chi connectivity index (χ3v) is 5.90. The van der Waals surface area contributed by atoms with Crippen LogP contribution in [-0.2, 0) is 19.1 Å². The van der Waals surface area contributed by atoms with E-state index in [1.54, 1.807) is 20.8 Å². The summed E-state index contributed by atoms with van der Waals surface area (Å²) in [5.41, 5.74) is -2.73. The van der Waals surface area contributed by atoms with E-state index in [1.165, 1.54) is 11.0 Å². The molecule has 1 unspecified atom stereocenters. The highest BCUT2D eigenvalue weighted by atomic mass is 16.6. The van der Waals surface area contributed by atoms with E-state index in [2.05, 4.69) is 17.2 Å². The monoisotopic (exact) mass is 451 g/mol. The first-order valence-corrected chi connectivity index (χ1v) is 11.0. The topological polar surface area (TPSA) is 125 Å². The van der Waals surface area contributed by atoms with Crippen LogP contribution in [0, 0.1) is 17.3 Å². The number of alkyl carbamates (subject to hydrolysis) is 1. The average Bonchev–Trinajstić information content (AvgIpc) is 3.20. The van der Waals surface area contributed by atoms with Crippen LogP contribution in [0.25, 0.3) is 0 Å². The molecule has 1 saturated carbocycles. The summed E-state index contributed by atoms with van der Waals surface area (Å²) in [4.78, 5) is 52.2. The number of carbonyl (C=O) groups is 4. The molecule has 180 valence electrons. The maximum absolute atomic E-state index is 13.5. The second-order valence-electron chi connectivity index (χ2n) is 11.1. The van der Waals surface area contributed by atoms with Gasteiger partial charge in [-0.05, 0) is 44.9 Å². The largest absolute Gasteiger partial charge is 0.479 e. The number of carbonyl (C=O) groups excluding carboxylic acids is 3. The van der Waals surface area contributed by atoms with Crippen molar-refractivity contribution < 1.29 is 29.0 Å². The van der Waals surface area contributed by atoms with Crippen molar-refractivity contribution in [3.8, 4) is 0 Å². The lowest BCUT2D eigenvalue weighted by molar-refractivity contribution is -0.146. The molecule has 1 saturated heterocycles. The normalized spacial score (nSPS) is 28.5. The molecule has 9 nitrogen and oxygen atoms in total. The van der Waals surface area contributed by atoms with Crippen LogP contribution in [0.3, 0.4) is 0 Å². The Labute approximate surface area is 189 Å². The molecular formula is C23H37N3O6. The van der Waals surface area contributed by atoms with Crippen LogP contribution in [0.1, 0.15) is 61.3 Å². The predicted molar refractivity (Wildman–Crippen MR) is 119 cm³/mol. The molecule has 32 heavy (non-hydrogen) atoms. The van der Waals surface area contributed by atoms with Crippen LogP contribution in [0.5, 0.6) is 0 Å². The molecule has 2 aliphatic rings. The Morgan fingerprint density at radius 2 is 1.78 bits per heavy atom. The second-order valence-corrected chi connectivity index (χ2v) is 11.1. The highest BCUT2D eigenvalue weighted by molar-refractivity contribution is 5.96. The molecule has 0 radical (unpaired) electrons. The first-order chi connectivity index (χ1) is 14.5. The van der Waals surface area contributed by atoms with Crippen molar-refractivity contribution in [1.29, 1.82) is 0 Å². The minimum Gasteiger partial charge on any atom is -0.479 e. The number of hydrogen-bond acceptors (Lipinski definition) is 5. The molecule has 0 spiro atoms. The van der Waals surface area contributed by atoms with Crippen LogP contribution in [0.15, 0.2) is 12.7 Å². The van der Waals surface area contributed by atoms with E-state index in [0.29, 0.717) is 13.0 Å². The van der Waals surface area contributed by atoms with Crippen LogP contribution < -0.4 is 10.6 Å². The van der Waals surface area contributed by atoms with E-state index in [9.17, 15) is 24.3 Å². The minimum absolute atomic E-state index is 0.0482. The quantitative estimate of drug-likeness (QED) is 0.532. The van der Waals surface area contributed by atoms with Gasteiger partial charge in [0.2, 0.25) is 11.8 Å². The molecule has 5 atom stereocenters. The fourth-order valence-corrected chi connectivity index (χ4v) is 4.10. The molecule has 1 heterocycles. The molecule has 1 aliphatic heterocycles. The van der Waals surface area contributed by atoms with Gasteiger partial charge < -0.3 is 25.4 Å². The Morgan fingerprint density at radius 1 is 1.19 bits per heavy atom. The molecule has 0 aromatic carbocycles. The van der Waals surface area contributed by atoms with Crippen LogP contribution >= 0.6 is 0 Å². The van der Waals surface area contributed by atoms with E-state index in [4.69, 9.17) is 4.74 Å². The number of likely N-dealkylation sites (tertiary alicyclic amines) is 1. The molecule has 3 amide bonds. The fraction of sp³-hybridized carbons (Fsp3) is 0.739. The number of carboxylic acids is 1. The number of aliphatic carboxylic acids is 1. The Morgan fingerprint density at radius 3 is 2.22 bits per heavy atom. The van der Waals surface area contributed by atoms with E-state index >= 15 is 0 Å². The van der Waals surface area contributed by atoms with Gasteiger partial charge in [-0.1, -0.05) is 33.8 Å². The Hall–Kier alpha value is -2.58. The Bertz CT molecular complexity index is 797. The molecule has 2 fully saturated rings. The SMILES string of the molecule is C=CC1C[C@]1(NC(=O)[C@@H]1C[C@@H](C)CN1C(=O)[C@@H](NC(=O)OC(C)(C)C)C(C)(C)C)C(=O)O. The van der Waals surface area contributed by atoms with Crippen molar-refractivity contribution in [2.24, 2.45) is 17.3 Å². The minimum atomic E-state index is -1.36. The zero-order valence-corrected chi connectivity index (χ0v) is 20.2. The van der Waals surface area contributed by atoms with Gasteiger partial charge in [0.25, 0.3) is 0 Å². The number of hydrogen-bond donors (Lipinski definition) is 3. The highest BCUT2D eigenvalue weighted by Crippen LogP contribution is 2.45. The van der Waals surface area contributed by atoms with Crippen molar-refractivity contribution in [2.75, 3.05) is 6.54 Å². The first-order valence-electron chi connectivity index (χ1n) is 11.0. The van der Waals surface area contributed by atoms with E-state index in [-0.39, 0.29) is 18.3 Å². The summed E-state index contributed by atoms with van der Waals surface area (Å²) in [7, 11) is 0. The van der Waals surface area contributed by atoms with Gasteiger partial charge >= 0.3 is 12.1 Å². The molecule has 1 aliphatic carbocycles. The Kier molecular flexibility index (Phi) is 7.02. The summed E-state index contributed by atoms with van der Waals surface area (Å²) >= 11 is 0. The molecular weight excluding hydrogens is 414 g/mol. The number of rotatable bonds is 6. The zero-order chi connectivity index (χ0) is 24.6. The van der Waals surface area contributed by atoms with E-state index < -0.39 is 52.5 Å². The molecule has 0 bridgehead atoms. The number of ether oxygens (including phenoxy) is 1. The molecule has 2 rings (SSSR count). The summed E-state index contributed by atoms with van der Waals surface area (Å²) in [6.07, 6.45) is 1.50. The maximum atomic E-state index is 13.5. The molecule has 3 N–H and O–H groups in total. The third kappa shape index (κ3) is 5.61. The Balaban J connectivity index is 2.22. The van der Waals surface area contributed by atoms with Gasteiger partial charge in [0.15, 0.2) is 0 Å². The summed E-state index contributed by atoms with van der Waals surface area (Å²) in [5.74, 6) is -2.30. The lowest BCUT2D eigenvalue weighted by atomic mass is 9.85. The van der Waals surface area contributed by atoms with Gasteiger partial charge in [0, 0.05) is 12.5 Å². The zero-order valence-electron chi connectivity index (χ0n) is 20.2. The highest BCUT2D eigenvalue weighted by Gasteiger charge is 2.61. The lowest BCUT2D eigenvalue weighted by Gasteiger charge is -2.36. The summed E-state index contributed by atoms with van der Waals surface area (Å²) in [6.45, 7) is 16.6. The summed E-state index contributed by atoms with van der Waals surface area (Å²) < 4.78 is 5.32. The third-order valence-electron chi connectivity index (χ3n) is 5.90. The van der Waals surface area contributed by atoms with Crippen LogP contribution in [0.4, 0.5) is 4.79 Å². The number of nitrogens with zero attached hydrogens (tertiary/aromatic N) is 1. The molecule has 0 aromatic heterocycles. The van der Waals surface area contributed by atoms with Crippen molar-refractivity contribution in [3.63, 3.8) is 0 Å². The van der Waals surface area contributed by atoms with Gasteiger partial charge in [-0.25, -0.2) is 9.59 Å². The maximum Gasteiger partial charge on any atom is 0.408 e. The number of carboxylic acid groups (broad SMARTS) is 1. The van der Waals surface area contributed by atoms with Gasteiger partial charge in [0.05, 0.1) is 0 Å². The van der Waals surface area contributed by atoms with Crippen molar-refractivity contribution in [1.82, 2.24) is 15.5 Å². The van der Waals surface area contributed by atoms with Gasteiger partial charge in [-0.3, -0.25) is 9.59 Å². The van der Waals surface area contributed by atoms with Crippen LogP contribution in [0.2, 0.25) is 0 Å². The fourth-order valence-electron chi connectivity index (χ4n) is 4.10. The summed E-state index contributed by atoms with van der Waals surface area (Å²) in [6, 6.07) is -1.74. The van der Waals surface area contributed by atoms with Gasteiger partial charge in [-0.15, -0.1) is 6.58 Å². The number of nitrogens with one attached hydrogen (secondary N) is 2. The van der Waals surface area contributed by atoms with Crippen molar-refractivity contribution in [3.05, 3.63) is 12.7 Å². The summed E-state index contributed by atoms with van der Waals surface area (Å²) in [5, 5.41) is 14.9. The molecule has 9 heteroatoms. The van der Waals surface area contributed by atoms with E-state index in [0.717, 1.165) is 0 Å². The first kappa shape index (κ1) is 25.7.